The van der Waals surface area contributed by atoms with Crippen molar-refractivity contribution >= 4 is 5.91 Å². The van der Waals surface area contributed by atoms with Crippen LogP contribution < -0.4 is 10.6 Å². The fourth-order valence-corrected chi connectivity index (χ4v) is 2.57. The molecular formula is C18H30N2O. The van der Waals surface area contributed by atoms with Crippen molar-refractivity contribution in [1.82, 2.24) is 10.6 Å². The normalized spacial score (nSPS) is 14.3. The third-order valence-electron chi connectivity index (χ3n) is 3.72. The predicted octanol–water partition coefficient (Wildman–Crippen LogP) is 3.31. The Morgan fingerprint density at radius 1 is 1.05 bits per heavy atom. The van der Waals surface area contributed by atoms with Crippen LogP contribution in [0, 0.1) is 11.8 Å². The van der Waals surface area contributed by atoms with Crippen LogP contribution in [-0.2, 0) is 11.2 Å². The van der Waals surface area contributed by atoms with Crippen molar-refractivity contribution in [2.45, 2.75) is 53.1 Å². The average molecular weight is 290 g/mol. The summed E-state index contributed by atoms with van der Waals surface area (Å²) in [4.78, 5) is 11.7. The quantitative estimate of drug-likeness (QED) is 0.809. The lowest BCUT2D eigenvalue weighted by atomic mass is 9.93. The molecule has 0 heterocycles. The lowest BCUT2D eigenvalue weighted by molar-refractivity contribution is -0.122. The number of rotatable bonds is 7. The predicted molar refractivity (Wildman–Crippen MR) is 89.2 cm³/mol. The zero-order valence-corrected chi connectivity index (χ0v) is 14.2. The first-order valence-corrected chi connectivity index (χ1v) is 7.91. The van der Waals surface area contributed by atoms with E-state index < -0.39 is 0 Å². The summed E-state index contributed by atoms with van der Waals surface area (Å²) in [5.41, 5.74) is 2.61. The minimum absolute atomic E-state index is 0.0251. The van der Waals surface area contributed by atoms with E-state index in [9.17, 15) is 4.79 Å². The van der Waals surface area contributed by atoms with Crippen molar-refractivity contribution < 1.29 is 4.79 Å². The molecule has 21 heavy (non-hydrogen) atoms. The van der Waals surface area contributed by atoms with Crippen LogP contribution >= 0.6 is 0 Å². The van der Waals surface area contributed by atoms with Crippen LogP contribution in [0.1, 0.15) is 51.8 Å². The van der Waals surface area contributed by atoms with Gasteiger partial charge in [0, 0.05) is 13.1 Å². The van der Waals surface area contributed by atoms with E-state index in [1.165, 1.54) is 11.1 Å². The van der Waals surface area contributed by atoms with Gasteiger partial charge in [0.1, 0.15) is 0 Å². The lowest BCUT2D eigenvalue weighted by Gasteiger charge is -2.26. The Hall–Kier alpha value is -1.35. The molecule has 0 saturated carbocycles. The zero-order valence-electron chi connectivity index (χ0n) is 14.2. The molecule has 0 unspecified atom stereocenters. The van der Waals surface area contributed by atoms with Crippen LogP contribution in [0.15, 0.2) is 24.3 Å². The first-order chi connectivity index (χ1) is 9.85. The van der Waals surface area contributed by atoms with Crippen molar-refractivity contribution in [1.29, 1.82) is 0 Å². The second-order valence-corrected chi connectivity index (χ2v) is 6.56. The van der Waals surface area contributed by atoms with Crippen molar-refractivity contribution in [3.8, 4) is 0 Å². The molecule has 118 valence electrons. The number of amides is 1. The molecule has 0 bridgehead atoms. The minimum Gasteiger partial charge on any atom is -0.358 e. The number of hydrogen-bond acceptors (Lipinski definition) is 2. The van der Waals surface area contributed by atoms with E-state index in [1.54, 1.807) is 7.05 Å². The lowest BCUT2D eigenvalue weighted by Crippen LogP contribution is -2.43. The molecule has 1 amide bonds. The average Bonchev–Trinajstić information content (AvgIpc) is 2.43. The van der Waals surface area contributed by atoms with Gasteiger partial charge >= 0.3 is 0 Å². The zero-order chi connectivity index (χ0) is 16.0. The van der Waals surface area contributed by atoms with Crippen LogP contribution in [0.4, 0.5) is 0 Å². The third-order valence-corrected chi connectivity index (χ3v) is 3.72. The summed E-state index contributed by atoms with van der Waals surface area (Å²) in [6.07, 6.45) is 1.11. The Bertz CT molecular complexity index is 437. The van der Waals surface area contributed by atoms with Gasteiger partial charge in [-0.05, 0) is 36.3 Å². The molecule has 0 saturated heterocycles. The van der Waals surface area contributed by atoms with Gasteiger partial charge in [-0.15, -0.1) is 0 Å². The summed E-state index contributed by atoms with van der Waals surface area (Å²) in [6.45, 7) is 10.7. The molecule has 2 atom stereocenters. The van der Waals surface area contributed by atoms with Crippen molar-refractivity contribution in [2.24, 2.45) is 11.8 Å². The van der Waals surface area contributed by atoms with Gasteiger partial charge in [-0.1, -0.05) is 52.0 Å². The fourth-order valence-electron chi connectivity index (χ4n) is 2.57. The van der Waals surface area contributed by atoms with Gasteiger partial charge in [0.2, 0.25) is 5.91 Å². The van der Waals surface area contributed by atoms with E-state index in [0.29, 0.717) is 11.8 Å². The SMILES string of the molecule is CNC(=O)[C@@H](C)N[C@H](c1ccc(CC(C)C)cc1)C(C)C. The molecule has 3 nitrogen and oxygen atoms in total. The monoisotopic (exact) mass is 290 g/mol. The van der Waals surface area contributed by atoms with E-state index in [2.05, 4.69) is 62.6 Å². The minimum atomic E-state index is -0.197. The highest BCUT2D eigenvalue weighted by Crippen LogP contribution is 2.23. The summed E-state index contributed by atoms with van der Waals surface area (Å²) < 4.78 is 0. The molecule has 0 spiro atoms. The highest BCUT2D eigenvalue weighted by molar-refractivity contribution is 5.81. The van der Waals surface area contributed by atoms with E-state index in [1.807, 2.05) is 6.92 Å². The third kappa shape index (κ3) is 5.50. The van der Waals surface area contributed by atoms with Crippen LogP contribution in [0.2, 0.25) is 0 Å². The molecule has 0 aliphatic heterocycles. The largest absolute Gasteiger partial charge is 0.358 e. The van der Waals surface area contributed by atoms with Gasteiger partial charge in [-0.25, -0.2) is 0 Å². The summed E-state index contributed by atoms with van der Waals surface area (Å²) >= 11 is 0. The standard InChI is InChI=1S/C18H30N2O/c1-12(2)11-15-7-9-16(10-8-15)17(13(3)4)20-14(5)18(21)19-6/h7-10,12-14,17,20H,11H2,1-6H3,(H,19,21)/t14-,17+/m1/s1. The van der Waals surface area contributed by atoms with Crippen LogP contribution in [-0.4, -0.2) is 19.0 Å². The van der Waals surface area contributed by atoms with Gasteiger partial charge in [0.25, 0.3) is 0 Å². The molecule has 0 aliphatic rings. The van der Waals surface area contributed by atoms with Crippen LogP contribution in [0.25, 0.3) is 0 Å². The second-order valence-electron chi connectivity index (χ2n) is 6.56. The van der Waals surface area contributed by atoms with Gasteiger partial charge in [-0.3, -0.25) is 10.1 Å². The molecule has 0 fully saturated rings. The first kappa shape index (κ1) is 17.7. The summed E-state index contributed by atoms with van der Waals surface area (Å²) in [7, 11) is 1.67. The number of benzene rings is 1. The van der Waals surface area contributed by atoms with Crippen LogP contribution in [0.5, 0.6) is 0 Å². The molecular weight excluding hydrogens is 260 g/mol. The second kappa shape index (κ2) is 8.18. The highest BCUT2D eigenvalue weighted by Gasteiger charge is 2.21. The van der Waals surface area contributed by atoms with Crippen molar-refractivity contribution in [2.75, 3.05) is 7.05 Å². The van der Waals surface area contributed by atoms with Gasteiger partial charge in [0.05, 0.1) is 6.04 Å². The maximum Gasteiger partial charge on any atom is 0.236 e. The fraction of sp³-hybridized carbons (Fsp3) is 0.611. The number of nitrogens with one attached hydrogen (secondary N) is 2. The molecule has 3 heteroatoms. The molecule has 2 N–H and O–H groups in total. The van der Waals surface area contributed by atoms with E-state index in [-0.39, 0.29) is 18.0 Å². The molecule has 1 aromatic carbocycles. The highest BCUT2D eigenvalue weighted by atomic mass is 16.2. The Morgan fingerprint density at radius 2 is 1.62 bits per heavy atom. The van der Waals surface area contributed by atoms with E-state index >= 15 is 0 Å². The molecule has 0 aromatic heterocycles. The number of carbonyl (C=O) groups excluding carboxylic acids is 1. The Labute approximate surface area is 129 Å². The maximum absolute atomic E-state index is 11.7. The molecule has 1 rings (SSSR count). The number of likely N-dealkylation sites (N-methyl/N-ethyl adjacent to an activating group) is 1. The Balaban J connectivity index is 2.83. The van der Waals surface area contributed by atoms with Crippen molar-refractivity contribution in [3.63, 3.8) is 0 Å². The van der Waals surface area contributed by atoms with Gasteiger partial charge in [0.15, 0.2) is 0 Å². The van der Waals surface area contributed by atoms with E-state index in [0.717, 1.165) is 6.42 Å². The first-order valence-electron chi connectivity index (χ1n) is 7.91. The molecule has 1 aromatic rings. The summed E-state index contributed by atoms with van der Waals surface area (Å²) in [6, 6.07) is 8.77. The Kier molecular flexibility index (Phi) is 6.90. The summed E-state index contributed by atoms with van der Waals surface area (Å²) in [5.74, 6) is 1.12. The Morgan fingerprint density at radius 3 is 2.05 bits per heavy atom. The topological polar surface area (TPSA) is 41.1 Å². The molecule has 0 aliphatic carbocycles. The smallest absolute Gasteiger partial charge is 0.236 e. The summed E-state index contributed by atoms with van der Waals surface area (Å²) in [5, 5.41) is 6.12. The number of carbonyl (C=O) groups is 1. The van der Waals surface area contributed by atoms with Crippen LogP contribution in [0.3, 0.4) is 0 Å². The van der Waals surface area contributed by atoms with Gasteiger partial charge in [-0.2, -0.15) is 0 Å². The maximum atomic E-state index is 11.7. The number of hydrogen-bond donors (Lipinski definition) is 2. The van der Waals surface area contributed by atoms with Crippen molar-refractivity contribution in [3.05, 3.63) is 35.4 Å². The van der Waals surface area contributed by atoms with E-state index in [4.69, 9.17) is 0 Å². The van der Waals surface area contributed by atoms with Gasteiger partial charge < -0.3 is 5.32 Å². The molecule has 0 radical (unpaired) electrons.